The summed E-state index contributed by atoms with van der Waals surface area (Å²) in [6.07, 6.45) is 1.77. The molecular formula is C12H22N4OS. The third-order valence-electron chi connectivity index (χ3n) is 3.21. The predicted molar refractivity (Wildman–Crippen MR) is 77.3 cm³/mol. The van der Waals surface area contributed by atoms with Gasteiger partial charge in [-0.2, -0.15) is 0 Å². The van der Waals surface area contributed by atoms with E-state index in [1.165, 1.54) is 11.3 Å². The number of hydrogen-bond donors (Lipinski definition) is 2. The van der Waals surface area contributed by atoms with Gasteiger partial charge in [-0.3, -0.25) is 4.79 Å². The van der Waals surface area contributed by atoms with Crippen molar-refractivity contribution in [3.8, 4) is 0 Å². The summed E-state index contributed by atoms with van der Waals surface area (Å²) in [7, 11) is 3.75. The average molecular weight is 270 g/mol. The van der Waals surface area contributed by atoms with E-state index in [9.17, 15) is 4.79 Å². The van der Waals surface area contributed by atoms with Gasteiger partial charge in [0.1, 0.15) is 10.7 Å². The van der Waals surface area contributed by atoms with Crippen LogP contribution in [0.2, 0.25) is 0 Å². The summed E-state index contributed by atoms with van der Waals surface area (Å²) in [4.78, 5) is 18.7. The van der Waals surface area contributed by atoms with Crippen LogP contribution in [0.4, 0.5) is 10.9 Å². The van der Waals surface area contributed by atoms with E-state index < -0.39 is 0 Å². The van der Waals surface area contributed by atoms with Gasteiger partial charge in [-0.05, 0) is 19.8 Å². The number of hydrogen-bond acceptors (Lipinski definition) is 5. The lowest BCUT2D eigenvalue weighted by atomic mass is 9.95. The number of nitrogens with one attached hydrogen (secondary N) is 1. The minimum atomic E-state index is -0.189. The molecule has 1 amide bonds. The molecule has 6 heteroatoms. The van der Waals surface area contributed by atoms with E-state index in [2.05, 4.69) is 24.1 Å². The Morgan fingerprint density at radius 3 is 2.39 bits per heavy atom. The third kappa shape index (κ3) is 3.13. The number of nitrogens with two attached hydrogens (primary N) is 1. The lowest BCUT2D eigenvalue weighted by Crippen LogP contribution is -2.44. The van der Waals surface area contributed by atoms with Crippen LogP contribution in [0.1, 0.15) is 43.3 Å². The summed E-state index contributed by atoms with van der Waals surface area (Å²) in [5, 5.41) is 3.78. The molecular weight excluding hydrogens is 248 g/mol. The van der Waals surface area contributed by atoms with Gasteiger partial charge in [0.2, 0.25) is 0 Å². The largest absolute Gasteiger partial charge is 0.382 e. The van der Waals surface area contributed by atoms with Crippen molar-refractivity contribution < 1.29 is 4.79 Å². The molecule has 0 fully saturated rings. The van der Waals surface area contributed by atoms with Crippen molar-refractivity contribution in [2.75, 3.05) is 24.7 Å². The maximum absolute atomic E-state index is 12.2. The van der Waals surface area contributed by atoms with Gasteiger partial charge >= 0.3 is 0 Å². The molecule has 102 valence electrons. The SMILES string of the molecule is CCC(C)(CC)NC(=O)c1sc(N(C)C)nc1N. The maximum Gasteiger partial charge on any atom is 0.265 e. The second-order valence-electron chi connectivity index (χ2n) is 4.83. The molecule has 1 heterocycles. The summed E-state index contributed by atoms with van der Waals surface area (Å²) in [6.45, 7) is 6.16. The van der Waals surface area contributed by atoms with E-state index in [0.29, 0.717) is 10.7 Å². The summed E-state index contributed by atoms with van der Waals surface area (Å²) < 4.78 is 0. The fraction of sp³-hybridized carbons (Fsp3) is 0.667. The second kappa shape index (κ2) is 5.56. The van der Waals surface area contributed by atoms with E-state index in [0.717, 1.165) is 18.0 Å². The topological polar surface area (TPSA) is 71.2 Å². The Balaban J connectivity index is 2.91. The van der Waals surface area contributed by atoms with Crippen molar-refractivity contribution in [2.24, 2.45) is 0 Å². The Bertz CT molecular complexity index is 424. The Labute approximate surface area is 112 Å². The molecule has 0 atom stereocenters. The zero-order valence-corrected chi connectivity index (χ0v) is 12.5. The van der Waals surface area contributed by atoms with E-state index in [-0.39, 0.29) is 11.4 Å². The first-order chi connectivity index (χ1) is 8.33. The highest BCUT2D eigenvalue weighted by atomic mass is 32.1. The first-order valence-electron chi connectivity index (χ1n) is 6.09. The molecule has 0 unspecified atom stereocenters. The zero-order chi connectivity index (χ0) is 13.9. The fourth-order valence-corrected chi connectivity index (χ4v) is 2.23. The van der Waals surface area contributed by atoms with Gasteiger partial charge in [0.25, 0.3) is 5.91 Å². The molecule has 0 aromatic carbocycles. The molecule has 5 nitrogen and oxygen atoms in total. The summed E-state index contributed by atoms with van der Waals surface area (Å²) in [6, 6.07) is 0. The molecule has 0 bridgehead atoms. The first kappa shape index (κ1) is 14.8. The van der Waals surface area contributed by atoms with Crippen LogP contribution in [0.3, 0.4) is 0 Å². The van der Waals surface area contributed by atoms with Gasteiger partial charge < -0.3 is 16.0 Å². The second-order valence-corrected chi connectivity index (χ2v) is 5.80. The van der Waals surface area contributed by atoms with Crippen LogP contribution < -0.4 is 16.0 Å². The molecule has 0 aliphatic rings. The standard InChI is InChI=1S/C12H22N4OS/c1-6-12(3,7-2)15-10(17)8-9(13)14-11(18-8)16(4)5/h6-7,13H2,1-5H3,(H,15,17). The highest BCUT2D eigenvalue weighted by molar-refractivity contribution is 7.18. The molecule has 1 rings (SSSR count). The van der Waals surface area contributed by atoms with Crippen LogP contribution in [-0.2, 0) is 0 Å². The van der Waals surface area contributed by atoms with Crippen LogP contribution >= 0.6 is 11.3 Å². The smallest absolute Gasteiger partial charge is 0.265 e. The molecule has 0 spiro atoms. The minimum Gasteiger partial charge on any atom is -0.382 e. The normalized spacial score (nSPS) is 11.4. The predicted octanol–water partition coefficient (Wildman–Crippen LogP) is 2.10. The number of nitrogens with zero attached hydrogens (tertiary/aromatic N) is 2. The monoisotopic (exact) mass is 270 g/mol. The average Bonchev–Trinajstić information content (AvgIpc) is 2.71. The molecule has 3 N–H and O–H groups in total. The Kier molecular flexibility index (Phi) is 4.56. The molecule has 0 radical (unpaired) electrons. The van der Waals surface area contributed by atoms with Crippen molar-refractivity contribution in [3.63, 3.8) is 0 Å². The number of carbonyl (C=O) groups excluding carboxylic acids is 1. The molecule has 1 aromatic rings. The van der Waals surface area contributed by atoms with Gasteiger partial charge in [0.15, 0.2) is 5.13 Å². The highest BCUT2D eigenvalue weighted by Gasteiger charge is 2.25. The molecule has 0 aliphatic heterocycles. The van der Waals surface area contributed by atoms with Gasteiger partial charge in [-0.1, -0.05) is 25.2 Å². The van der Waals surface area contributed by atoms with Gasteiger partial charge in [0.05, 0.1) is 0 Å². The van der Waals surface area contributed by atoms with Crippen LogP contribution in [0, 0.1) is 0 Å². The van der Waals surface area contributed by atoms with Crippen LogP contribution in [0.5, 0.6) is 0 Å². The Morgan fingerprint density at radius 2 is 2.00 bits per heavy atom. The van der Waals surface area contributed by atoms with E-state index >= 15 is 0 Å². The van der Waals surface area contributed by atoms with Gasteiger partial charge in [-0.15, -0.1) is 0 Å². The Morgan fingerprint density at radius 1 is 1.44 bits per heavy atom. The number of thiazole rings is 1. The number of carbonyl (C=O) groups is 1. The summed E-state index contributed by atoms with van der Waals surface area (Å²) in [5.74, 6) is 0.167. The van der Waals surface area contributed by atoms with Crippen LogP contribution in [0.25, 0.3) is 0 Å². The first-order valence-corrected chi connectivity index (χ1v) is 6.90. The van der Waals surface area contributed by atoms with Crippen molar-refractivity contribution in [2.45, 2.75) is 39.2 Å². The number of amides is 1. The number of rotatable bonds is 5. The quantitative estimate of drug-likeness (QED) is 0.859. The molecule has 18 heavy (non-hydrogen) atoms. The molecule has 0 saturated heterocycles. The van der Waals surface area contributed by atoms with Crippen LogP contribution in [-0.4, -0.2) is 30.5 Å². The van der Waals surface area contributed by atoms with Gasteiger partial charge in [0, 0.05) is 19.6 Å². The maximum atomic E-state index is 12.2. The van der Waals surface area contributed by atoms with Crippen molar-refractivity contribution >= 4 is 28.2 Å². The van der Waals surface area contributed by atoms with E-state index in [1.54, 1.807) is 0 Å². The number of anilines is 2. The minimum absolute atomic E-state index is 0.135. The zero-order valence-electron chi connectivity index (χ0n) is 11.7. The van der Waals surface area contributed by atoms with Gasteiger partial charge in [-0.25, -0.2) is 4.98 Å². The van der Waals surface area contributed by atoms with E-state index in [4.69, 9.17) is 5.73 Å². The number of nitrogen functional groups attached to an aromatic ring is 1. The summed E-state index contributed by atoms with van der Waals surface area (Å²) >= 11 is 1.32. The lowest BCUT2D eigenvalue weighted by molar-refractivity contribution is 0.0906. The van der Waals surface area contributed by atoms with Crippen LogP contribution in [0.15, 0.2) is 0 Å². The van der Waals surface area contributed by atoms with Crippen molar-refractivity contribution in [3.05, 3.63) is 4.88 Å². The fourth-order valence-electron chi connectivity index (χ4n) is 1.43. The van der Waals surface area contributed by atoms with Crippen molar-refractivity contribution in [1.29, 1.82) is 0 Å². The molecule has 0 aliphatic carbocycles. The number of aromatic nitrogens is 1. The molecule has 0 saturated carbocycles. The highest BCUT2D eigenvalue weighted by Crippen LogP contribution is 2.27. The lowest BCUT2D eigenvalue weighted by Gasteiger charge is -2.27. The third-order valence-corrected chi connectivity index (χ3v) is 4.44. The Hall–Kier alpha value is -1.30. The molecule has 1 aromatic heterocycles. The van der Waals surface area contributed by atoms with Crippen molar-refractivity contribution in [1.82, 2.24) is 10.3 Å². The summed E-state index contributed by atoms with van der Waals surface area (Å²) in [5.41, 5.74) is 5.60. The van der Waals surface area contributed by atoms with E-state index in [1.807, 2.05) is 25.9 Å².